The number of benzene rings is 1. The molecule has 1 amide bonds. The lowest BCUT2D eigenvalue weighted by atomic mass is 10.0. The number of nitrogens with one attached hydrogen (secondary N) is 1. The number of hydrogen-bond donors (Lipinski definition) is 2. The highest BCUT2D eigenvalue weighted by molar-refractivity contribution is 5.96. The molecule has 114 valence electrons. The van der Waals surface area contributed by atoms with Crippen LogP contribution >= 0.6 is 0 Å². The lowest BCUT2D eigenvalue weighted by Gasteiger charge is -2.16. The third-order valence-electron chi connectivity index (χ3n) is 3.15. The molecule has 2 N–H and O–H groups in total. The molecule has 1 aromatic carbocycles. The molecule has 0 aromatic heterocycles. The molecule has 1 unspecified atom stereocenters. The second-order valence-corrected chi connectivity index (χ2v) is 4.83. The predicted molar refractivity (Wildman–Crippen MR) is 81.4 cm³/mol. The van der Waals surface area contributed by atoms with E-state index in [1.54, 1.807) is 0 Å². The normalized spacial score (nSPS) is 11.4. The topological polar surface area (TPSA) is 49.3 Å². The van der Waals surface area contributed by atoms with Crippen molar-refractivity contribution >= 4 is 5.91 Å². The smallest absolute Gasteiger partial charge is 0.252 e. The molecular formula is C17H22FNO2. The van der Waals surface area contributed by atoms with Gasteiger partial charge in [-0.2, -0.15) is 0 Å². The Hall–Kier alpha value is -1.86. The molecule has 0 fully saturated rings. The van der Waals surface area contributed by atoms with E-state index in [1.807, 2.05) is 6.92 Å². The minimum absolute atomic E-state index is 0.0573. The van der Waals surface area contributed by atoms with Gasteiger partial charge in [0.2, 0.25) is 0 Å². The van der Waals surface area contributed by atoms with E-state index in [9.17, 15) is 9.18 Å². The number of rotatable bonds is 6. The average molecular weight is 291 g/mol. The summed E-state index contributed by atoms with van der Waals surface area (Å²) in [4.78, 5) is 12.3. The Balaban J connectivity index is 2.95. The second kappa shape index (κ2) is 9.15. The van der Waals surface area contributed by atoms with Gasteiger partial charge in [0.1, 0.15) is 5.82 Å². The fourth-order valence-corrected chi connectivity index (χ4v) is 2.02. The van der Waals surface area contributed by atoms with Gasteiger partial charge >= 0.3 is 0 Å². The SMILES string of the molecule is CCCC(CC)NC(=O)c1ccc(F)cc1C#CCCO. The van der Waals surface area contributed by atoms with Gasteiger partial charge in [0.15, 0.2) is 0 Å². The number of carbonyl (C=O) groups excluding carboxylic acids is 1. The van der Waals surface area contributed by atoms with Crippen molar-refractivity contribution in [3.8, 4) is 11.8 Å². The van der Waals surface area contributed by atoms with Crippen molar-refractivity contribution in [3.05, 3.63) is 35.1 Å². The summed E-state index contributed by atoms with van der Waals surface area (Å²) in [6, 6.07) is 4.07. The first-order valence-corrected chi connectivity index (χ1v) is 7.32. The summed E-state index contributed by atoms with van der Waals surface area (Å²) < 4.78 is 13.3. The Labute approximate surface area is 125 Å². The Morgan fingerprint density at radius 1 is 1.43 bits per heavy atom. The molecule has 1 rings (SSSR count). The molecule has 0 bridgehead atoms. The van der Waals surface area contributed by atoms with Crippen molar-refractivity contribution < 1.29 is 14.3 Å². The van der Waals surface area contributed by atoms with Crippen molar-refractivity contribution in [1.29, 1.82) is 0 Å². The number of halogens is 1. The Morgan fingerprint density at radius 3 is 2.81 bits per heavy atom. The third kappa shape index (κ3) is 5.57. The van der Waals surface area contributed by atoms with Crippen LogP contribution in [0.15, 0.2) is 18.2 Å². The van der Waals surface area contributed by atoms with Gasteiger partial charge in [-0.25, -0.2) is 4.39 Å². The van der Waals surface area contributed by atoms with Crippen LogP contribution in [0.2, 0.25) is 0 Å². The number of hydrogen-bond acceptors (Lipinski definition) is 2. The van der Waals surface area contributed by atoms with Crippen molar-refractivity contribution in [2.75, 3.05) is 6.61 Å². The standard InChI is InChI=1S/C17H22FNO2/c1-3-7-15(4-2)19-17(21)16-10-9-14(18)12-13(16)8-5-6-11-20/h9-10,12,15,20H,3-4,6-7,11H2,1-2H3,(H,19,21). The van der Waals surface area contributed by atoms with Crippen LogP contribution in [0.5, 0.6) is 0 Å². The highest BCUT2D eigenvalue weighted by atomic mass is 19.1. The summed E-state index contributed by atoms with van der Waals surface area (Å²) in [5, 5.41) is 11.7. The molecule has 1 atom stereocenters. The van der Waals surface area contributed by atoms with Crippen molar-refractivity contribution in [1.82, 2.24) is 5.32 Å². The maximum absolute atomic E-state index is 13.3. The molecule has 0 saturated carbocycles. The highest BCUT2D eigenvalue weighted by Gasteiger charge is 2.14. The Kier molecular flexibility index (Phi) is 7.49. The summed E-state index contributed by atoms with van der Waals surface area (Å²) >= 11 is 0. The van der Waals surface area contributed by atoms with E-state index in [4.69, 9.17) is 5.11 Å². The monoisotopic (exact) mass is 291 g/mol. The van der Waals surface area contributed by atoms with Gasteiger partial charge in [-0.1, -0.05) is 32.1 Å². The van der Waals surface area contributed by atoms with E-state index < -0.39 is 5.82 Å². The lowest BCUT2D eigenvalue weighted by Crippen LogP contribution is -2.34. The molecule has 3 nitrogen and oxygen atoms in total. The third-order valence-corrected chi connectivity index (χ3v) is 3.15. The maximum Gasteiger partial charge on any atom is 0.252 e. The van der Waals surface area contributed by atoms with Gasteiger partial charge in [0.25, 0.3) is 5.91 Å². The Morgan fingerprint density at radius 2 is 2.19 bits per heavy atom. The van der Waals surface area contributed by atoms with Crippen LogP contribution in [-0.4, -0.2) is 23.7 Å². The summed E-state index contributed by atoms with van der Waals surface area (Å²) in [6.45, 7) is 4.03. The van der Waals surface area contributed by atoms with E-state index >= 15 is 0 Å². The van der Waals surface area contributed by atoms with Crippen LogP contribution in [0.4, 0.5) is 4.39 Å². The largest absolute Gasteiger partial charge is 0.395 e. The molecule has 0 aliphatic heterocycles. The first kappa shape index (κ1) is 17.2. The molecule has 0 spiro atoms. The van der Waals surface area contributed by atoms with Crippen LogP contribution in [0.3, 0.4) is 0 Å². The molecule has 0 radical (unpaired) electrons. The number of amides is 1. The highest BCUT2D eigenvalue weighted by Crippen LogP contribution is 2.12. The molecule has 0 heterocycles. The number of aliphatic hydroxyl groups excluding tert-OH is 1. The van der Waals surface area contributed by atoms with E-state index in [1.165, 1.54) is 18.2 Å². The molecular weight excluding hydrogens is 269 g/mol. The van der Waals surface area contributed by atoms with Gasteiger partial charge < -0.3 is 10.4 Å². The average Bonchev–Trinajstić information content (AvgIpc) is 2.47. The van der Waals surface area contributed by atoms with Crippen LogP contribution in [0.1, 0.15) is 55.5 Å². The quantitative estimate of drug-likeness (QED) is 0.792. The Bertz CT molecular complexity index is 531. The fraction of sp³-hybridized carbons (Fsp3) is 0.471. The number of carbonyl (C=O) groups is 1. The predicted octanol–water partition coefficient (Wildman–Crippen LogP) is 2.87. The van der Waals surface area contributed by atoms with Gasteiger partial charge in [-0.3, -0.25) is 4.79 Å². The molecule has 0 aliphatic carbocycles. The van der Waals surface area contributed by atoms with E-state index in [0.29, 0.717) is 17.5 Å². The zero-order chi connectivity index (χ0) is 15.7. The summed E-state index contributed by atoms with van der Waals surface area (Å²) in [5.74, 6) is 4.81. The van der Waals surface area contributed by atoms with Gasteiger partial charge in [0, 0.05) is 18.0 Å². The molecule has 21 heavy (non-hydrogen) atoms. The summed E-state index contributed by atoms with van der Waals surface area (Å²) in [5.41, 5.74) is 0.726. The van der Waals surface area contributed by atoms with Crippen molar-refractivity contribution in [3.63, 3.8) is 0 Å². The molecule has 0 aliphatic rings. The molecule has 0 saturated heterocycles. The van der Waals surface area contributed by atoms with Crippen LogP contribution < -0.4 is 5.32 Å². The van der Waals surface area contributed by atoms with Gasteiger partial charge in [0.05, 0.1) is 12.2 Å². The van der Waals surface area contributed by atoms with E-state index in [-0.39, 0.29) is 18.6 Å². The van der Waals surface area contributed by atoms with Crippen LogP contribution in [0.25, 0.3) is 0 Å². The zero-order valence-electron chi connectivity index (χ0n) is 12.6. The van der Waals surface area contributed by atoms with Gasteiger partial charge in [-0.05, 0) is 31.0 Å². The fourth-order valence-electron chi connectivity index (χ4n) is 2.02. The first-order chi connectivity index (χ1) is 10.1. The minimum Gasteiger partial charge on any atom is -0.395 e. The molecule has 4 heteroatoms. The van der Waals surface area contributed by atoms with Crippen LogP contribution in [0, 0.1) is 17.7 Å². The first-order valence-electron chi connectivity index (χ1n) is 7.32. The van der Waals surface area contributed by atoms with Crippen molar-refractivity contribution in [2.45, 2.75) is 45.6 Å². The molecule has 1 aromatic rings. The van der Waals surface area contributed by atoms with Crippen molar-refractivity contribution in [2.24, 2.45) is 0 Å². The second-order valence-electron chi connectivity index (χ2n) is 4.83. The maximum atomic E-state index is 13.3. The van der Waals surface area contributed by atoms with E-state index in [0.717, 1.165) is 19.3 Å². The summed E-state index contributed by atoms with van der Waals surface area (Å²) in [6.07, 6.45) is 3.05. The minimum atomic E-state index is -0.430. The van der Waals surface area contributed by atoms with E-state index in [2.05, 4.69) is 24.1 Å². The summed E-state index contributed by atoms with van der Waals surface area (Å²) in [7, 11) is 0. The van der Waals surface area contributed by atoms with Crippen LogP contribution in [-0.2, 0) is 0 Å². The zero-order valence-corrected chi connectivity index (χ0v) is 12.6. The lowest BCUT2D eigenvalue weighted by molar-refractivity contribution is 0.0933. The van der Waals surface area contributed by atoms with Gasteiger partial charge in [-0.15, -0.1) is 0 Å². The number of aliphatic hydroxyl groups is 1.